The van der Waals surface area contributed by atoms with Crippen molar-refractivity contribution >= 4 is 29.2 Å². The molecule has 0 aliphatic rings. The summed E-state index contributed by atoms with van der Waals surface area (Å²) >= 11 is 7.43. The highest BCUT2D eigenvalue weighted by Crippen LogP contribution is 2.22. The zero-order chi connectivity index (χ0) is 16.2. The van der Waals surface area contributed by atoms with Gasteiger partial charge in [-0.05, 0) is 29.8 Å². The van der Waals surface area contributed by atoms with Crippen LogP contribution in [0, 0.1) is 5.82 Å². The molecule has 3 rings (SSSR count). The molecule has 0 amide bonds. The van der Waals surface area contributed by atoms with E-state index in [0.29, 0.717) is 10.6 Å². The van der Waals surface area contributed by atoms with Crippen molar-refractivity contribution < 1.29 is 4.39 Å². The standard InChI is InChI=1S/C17H13ClFN3S/c1-20-17-22(21-10-12-3-2-4-15(19)9-12)16(11-23-17)13-5-7-14(18)8-6-13/h2-11H,1H3. The Morgan fingerprint density at radius 1 is 1.17 bits per heavy atom. The molecule has 23 heavy (non-hydrogen) atoms. The third-order valence-electron chi connectivity index (χ3n) is 3.19. The van der Waals surface area contributed by atoms with Gasteiger partial charge >= 0.3 is 0 Å². The monoisotopic (exact) mass is 345 g/mol. The van der Waals surface area contributed by atoms with Crippen LogP contribution in [0.25, 0.3) is 11.3 Å². The second-order valence-corrected chi connectivity index (χ2v) is 6.02. The van der Waals surface area contributed by atoms with E-state index in [4.69, 9.17) is 11.6 Å². The minimum absolute atomic E-state index is 0.289. The van der Waals surface area contributed by atoms with Crippen molar-refractivity contribution in [2.45, 2.75) is 0 Å². The average Bonchev–Trinajstić information content (AvgIpc) is 2.96. The fourth-order valence-corrected chi connectivity index (χ4v) is 3.02. The molecule has 0 aliphatic heterocycles. The van der Waals surface area contributed by atoms with E-state index in [-0.39, 0.29) is 5.82 Å². The van der Waals surface area contributed by atoms with Crippen LogP contribution >= 0.6 is 22.9 Å². The summed E-state index contributed by atoms with van der Waals surface area (Å²) in [4.78, 5) is 4.98. The highest BCUT2D eigenvalue weighted by Gasteiger charge is 2.07. The molecule has 1 heterocycles. The lowest BCUT2D eigenvalue weighted by Gasteiger charge is -2.03. The largest absolute Gasteiger partial charge is 0.261 e. The molecule has 3 nitrogen and oxygen atoms in total. The highest BCUT2D eigenvalue weighted by molar-refractivity contribution is 7.07. The van der Waals surface area contributed by atoms with Crippen molar-refractivity contribution in [1.29, 1.82) is 0 Å². The van der Waals surface area contributed by atoms with E-state index in [0.717, 1.165) is 16.1 Å². The van der Waals surface area contributed by atoms with Gasteiger partial charge < -0.3 is 0 Å². The van der Waals surface area contributed by atoms with Gasteiger partial charge in [-0.1, -0.05) is 35.9 Å². The number of nitrogens with zero attached hydrogens (tertiary/aromatic N) is 3. The van der Waals surface area contributed by atoms with E-state index in [1.807, 2.05) is 29.6 Å². The van der Waals surface area contributed by atoms with Gasteiger partial charge in [-0.2, -0.15) is 5.10 Å². The molecule has 0 spiro atoms. The van der Waals surface area contributed by atoms with E-state index in [9.17, 15) is 4.39 Å². The number of hydrogen-bond donors (Lipinski definition) is 0. The molecule has 0 fully saturated rings. The van der Waals surface area contributed by atoms with Gasteiger partial charge in [-0.3, -0.25) is 4.99 Å². The SMILES string of the molecule is CN=c1scc(-c2ccc(Cl)cc2)n1N=Cc1cccc(F)c1. The van der Waals surface area contributed by atoms with Crippen LogP contribution in [0.1, 0.15) is 5.56 Å². The molecular weight excluding hydrogens is 333 g/mol. The summed E-state index contributed by atoms with van der Waals surface area (Å²) in [5.41, 5.74) is 2.57. The third kappa shape index (κ3) is 3.57. The molecule has 1 aromatic heterocycles. The molecule has 0 unspecified atom stereocenters. The summed E-state index contributed by atoms with van der Waals surface area (Å²) in [5, 5.41) is 7.12. The maximum Gasteiger partial charge on any atom is 0.205 e. The van der Waals surface area contributed by atoms with Gasteiger partial charge in [0.1, 0.15) is 5.82 Å². The summed E-state index contributed by atoms with van der Waals surface area (Å²) in [7, 11) is 1.71. The first-order chi connectivity index (χ1) is 11.2. The maximum absolute atomic E-state index is 13.3. The van der Waals surface area contributed by atoms with E-state index in [1.54, 1.807) is 30.1 Å². The molecule has 2 aromatic carbocycles. The molecule has 0 atom stereocenters. The Labute approximate surface area is 142 Å². The van der Waals surface area contributed by atoms with Crippen LogP contribution in [-0.2, 0) is 0 Å². The van der Waals surface area contributed by atoms with Gasteiger partial charge in [0, 0.05) is 23.0 Å². The van der Waals surface area contributed by atoms with Crippen molar-refractivity contribution in [3.8, 4) is 11.3 Å². The lowest BCUT2D eigenvalue weighted by Crippen LogP contribution is -2.11. The lowest BCUT2D eigenvalue weighted by molar-refractivity contribution is 0.627. The Hall–Kier alpha value is -2.24. The maximum atomic E-state index is 13.3. The van der Waals surface area contributed by atoms with E-state index in [1.165, 1.54) is 23.5 Å². The van der Waals surface area contributed by atoms with Gasteiger partial charge in [0.2, 0.25) is 4.80 Å². The van der Waals surface area contributed by atoms with Crippen LogP contribution in [0.3, 0.4) is 0 Å². The van der Waals surface area contributed by atoms with Gasteiger partial charge in [0.05, 0.1) is 11.9 Å². The first-order valence-corrected chi connectivity index (χ1v) is 8.12. The summed E-state index contributed by atoms with van der Waals surface area (Å²) in [5.74, 6) is -0.289. The smallest absolute Gasteiger partial charge is 0.205 e. The van der Waals surface area contributed by atoms with Crippen LogP contribution in [-0.4, -0.2) is 17.9 Å². The summed E-state index contributed by atoms with van der Waals surface area (Å²) < 4.78 is 15.0. The fraction of sp³-hybridized carbons (Fsp3) is 0.0588. The Morgan fingerprint density at radius 3 is 2.65 bits per heavy atom. The van der Waals surface area contributed by atoms with E-state index >= 15 is 0 Å². The molecule has 0 aliphatic carbocycles. The van der Waals surface area contributed by atoms with Crippen LogP contribution in [0.2, 0.25) is 5.02 Å². The first-order valence-electron chi connectivity index (χ1n) is 6.86. The topological polar surface area (TPSA) is 29.6 Å². The minimum atomic E-state index is -0.289. The molecule has 3 aromatic rings. The number of rotatable bonds is 3. The molecule has 0 saturated carbocycles. The van der Waals surface area contributed by atoms with Crippen LogP contribution in [0.4, 0.5) is 4.39 Å². The number of thiazole rings is 1. The van der Waals surface area contributed by atoms with Gasteiger partial charge in [-0.25, -0.2) is 9.07 Å². The van der Waals surface area contributed by atoms with Crippen molar-refractivity contribution in [2.24, 2.45) is 10.1 Å². The van der Waals surface area contributed by atoms with Crippen molar-refractivity contribution in [2.75, 3.05) is 7.05 Å². The molecular formula is C17H13ClFN3S. The predicted octanol–water partition coefficient (Wildman–Crippen LogP) is 4.42. The number of hydrogen-bond acceptors (Lipinski definition) is 3. The first kappa shape index (κ1) is 15.6. The fourth-order valence-electron chi connectivity index (χ4n) is 2.09. The van der Waals surface area contributed by atoms with Crippen molar-refractivity contribution in [3.63, 3.8) is 0 Å². The Balaban J connectivity index is 2.04. The number of aromatic nitrogens is 1. The lowest BCUT2D eigenvalue weighted by atomic mass is 10.2. The highest BCUT2D eigenvalue weighted by atomic mass is 35.5. The summed E-state index contributed by atoms with van der Waals surface area (Å²) in [6, 6.07) is 13.8. The Morgan fingerprint density at radius 2 is 1.96 bits per heavy atom. The molecule has 0 bridgehead atoms. The average molecular weight is 346 g/mol. The van der Waals surface area contributed by atoms with Crippen LogP contribution < -0.4 is 4.80 Å². The van der Waals surface area contributed by atoms with Crippen molar-refractivity contribution in [3.05, 3.63) is 75.1 Å². The van der Waals surface area contributed by atoms with Gasteiger partial charge in [0.25, 0.3) is 0 Å². The quantitative estimate of drug-likeness (QED) is 0.629. The zero-order valence-electron chi connectivity index (χ0n) is 12.3. The van der Waals surface area contributed by atoms with Gasteiger partial charge in [0.15, 0.2) is 0 Å². The second-order valence-electron chi connectivity index (χ2n) is 4.75. The summed E-state index contributed by atoms with van der Waals surface area (Å²) in [6.45, 7) is 0. The molecule has 6 heteroatoms. The third-order valence-corrected chi connectivity index (χ3v) is 4.35. The van der Waals surface area contributed by atoms with E-state index < -0.39 is 0 Å². The Kier molecular flexibility index (Phi) is 4.69. The molecule has 116 valence electrons. The molecule has 0 saturated heterocycles. The Bertz CT molecular complexity index is 910. The summed E-state index contributed by atoms with van der Waals surface area (Å²) in [6.07, 6.45) is 1.61. The van der Waals surface area contributed by atoms with Crippen LogP contribution in [0.5, 0.6) is 0 Å². The van der Waals surface area contributed by atoms with Crippen molar-refractivity contribution in [1.82, 2.24) is 4.68 Å². The number of halogens is 2. The van der Waals surface area contributed by atoms with Crippen LogP contribution in [0.15, 0.2) is 64.0 Å². The molecule has 0 radical (unpaired) electrons. The minimum Gasteiger partial charge on any atom is -0.261 e. The predicted molar refractivity (Wildman–Crippen MR) is 93.6 cm³/mol. The number of benzene rings is 2. The zero-order valence-corrected chi connectivity index (χ0v) is 13.9. The second kappa shape index (κ2) is 6.89. The van der Waals surface area contributed by atoms with Gasteiger partial charge in [-0.15, -0.1) is 11.3 Å². The normalized spacial score (nSPS) is 12.2. The van der Waals surface area contributed by atoms with E-state index in [2.05, 4.69) is 10.1 Å². The molecule has 0 N–H and O–H groups in total.